The largest absolute Gasteiger partial charge is 0.440 e. The number of anilines is 1. The van der Waals surface area contributed by atoms with E-state index in [0.29, 0.717) is 18.7 Å². The number of nitrogens with zero attached hydrogens (tertiary/aromatic N) is 2. The lowest BCUT2D eigenvalue weighted by atomic mass is 10.2. The Morgan fingerprint density at radius 3 is 2.87 bits per heavy atom. The van der Waals surface area contributed by atoms with Gasteiger partial charge in [0, 0.05) is 12.7 Å². The number of amides is 2. The monoisotopic (exact) mass is 331 g/mol. The van der Waals surface area contributed by atoms with Crippen LogP contribution in [0.1, 0.15) is 18.4 Å². The summed E-state index contributed by atoms with van der Waals surface area (Å²) in [6.45, 7) is 0.263. The van der Waals surface area contributed by atoms with Gasteiger partial charge in [0.05, 0.1) is 0 Å². The molecule has 9 heteroatoms. The van der Waals surface area contributed by atoms with E-state index >= 15 is 0 Å². The Morgan fingerprint density at radius 1 is 1.48 bits per heavy atom. The standard InChI is InChI=1S/C14H16F3N3O3/c1-9-4-2-6-18-11(9)19-12(21)10-5-3-7-20(10)13(22)23-8-14(15,16)17/h2,4,6,10H,3,5,7-8H2,1H3,(H,18,19,21)/t10-/m0/s1. The van der Waals surface area contributed by atoms with Crippen molar-refractivity contribution in [2.24, 2.45) is 0 Å². The van der Waals surface area contributed by atoms with Gasteiger partial charge in [-0.2, -0.15) is 13.2 Å². The zero-order valence-corrected chi connectivity index (χ0v) is 12.4. The van der Waals surface area contributed by atoms with Crippen LogP contribution in [0.2, 0.25) is 0 Å². The highest BCUT2D eigenvalue weighted by Gasteiger charge is 2.37. The number of pyridine rings is 1. The van der Waals surface area contributed by atoms with E-state index in [1.807, 2.05) is 0 Å². The van der Waals surface area contributed by atoms with Gasteiger partial charge in [-0.25, -0.2) is 9.78 Å². The zero-order chi connectivity index (χ0) is 17.0. The Hall–Kier alpha value is -2.32. The van der Waals surface area contributed by atoms with Gasteiger partial charge in [0.1, 0.15) is 11.9 Å². The third-order valence-electron chi connectivity index (χ3n) is 3.40. The van der Waals surface area contributed by atoms with E-state index in [4.69, 9.17) is 0 Å². The van der Waals surface area contributed by atoms with Crippen molar-refractivity contribution < 1.29 is 27.5 Å². The summed E-state index contributed by atoms with van der Waals surface area (Å²) >= 11 is 0. The fourth-order valence-electron chi connectivity index (χ4n) is 2.30. The highest BCUT2D eigenvalue weighted by Crippen LogP contribution is 2.22. The van der Waals surface area contributed by atoms with Crippen molar-refractivity contribution in [1.29, 1.82) is 0 Å². The molecule has 1 N–H and O–H groups in total. The number of likely N-dealkylation sites (tertiary alicyclic amines) is 1. The number of carbonyl (C=O) groups excluding carboxylic acids is 2. The number of aryl methyl sites for hydroxylation is 1. The minimum absolute atomic E-state index is 0.177. The molecule has 6 nitrogen and oxygen atoms in total. The first kappa shape index (κ1) is 17.0. The number of aromatic nitrogens is 1. The van der Waals surface area contributed by atoms with Crippen LogP contribution in [0.15, 0.2) is 18.3 Å². The van der Waals surface area contributed by atoms with Gasteiger partial charge in [0.2, 0.25) is 5.91 Å². The molecule has 1 atom stereocenters. The Morgan fingerprint density at radius 2 is 2.22 bits per heavy atom. The van der Waals surface area contributed by atoms with Crippen molar-refractivity contribution in [2.75, 3.05) is 18.5 Å². The molecule has 1 aliphatic rings. The smallest absolute Gasteiger partial charge is 0.422 e. The van der Waals surface area contributed by atoms with Crippen LogP contribution in [0.3, 0.4) is 0 Å². The second-order valence-electron chi connectivity index (χ2n) is 5.18. The Labute approximate surface area is 130 Å². The molecule has 1 saturated heterocycles. The first-order valence-electron chi connectivity index (χ1n) is 7.00. The van der Waals surface area contributed by atoms with Crippen molar-refractivity contribution in [3.63, 3.8) is 0 Å². The van der Waals surface area contributed by atoms with Crippen molar-refractivity contribution in [3.8, 4) is 0 Å². The maximum atomic E-state index is 12.3. The predicted molar refractivity (Wildman–Crippen MR) is 74.7 cm³/mol. The molecule has 0 saturated carbocycles. The van der Waals surface area contributed by atoms with Gasteiger partial charge in [-0.3, -0.25) is 9.69 Å². The molecular formula is C14H16F3N3O3. The Bertz CT molecular complexity index is 592. The highest BCUT2D eigenvalue weighted by molar-refractivity contribution is 5.96. The van der Waals surface area contributed by atoms with Gasteiger partial charge in [0.25, 0.3) is 0 Å². The molecule has 0 aliphatic carbocycles. The quantitative estimate of drug-likeness (QED) is 0.924. The van der Waals surface area contributed by atoms with Crippen LogP contribution in [-0.4, -0.2) is 47.3 Å². The third kappa shape index (κ3) is 4.57. The topological polar surface area (TPSA) is 71.5 Å². The van der Waals surface area contributed by atoms with Crippen LogP contribution >= 0.6 is 0 Å². The average molecular weight is 331 g/mol. The van der Waals surface area contributed by atoms with E-state index in [2.05, 4.69) is 15.0 Å². The second-order valence-corrected chi connectivity index (χ2v) is 5.18. The summed E-state index contributed by atoms with van der Waals surface area (Å²) in [5.74, 6) is -0.138. The predicted octanol–water partition coefficient (Wildman–Crippen LogP) is 2.49. The lowest BCUT2D eigenvalue weighted by molar-refractivity contribution is -0.162. The number of ether oxygens (including phenoxy) is 1. The summed E-state index contributed by atoms with van der Waals surface area (Å²) in [5.41, 5.74) is 0.741. The summed E-state index contributed by atoms with van der Waals surface area (Å²) in [6, 6.07) is 2.60. The summed E-state index contributed by atoms with van der Waals surface area (Å²) in [7, 11) is 0. The van der Waals surface area contributed by atoms with Crippen LogP contribution in [0.4, 0.5) is 23.8 Å². The second kappa shape index (κ2) is 6.84. The van der Waals surface area contributed by atoms with E-state index in [0.717, 1.165) is 10.5 Å². The van der Waals surface area contributed by atoms with Gasteiger partial charge < -0.3 is 10.1 Å². The van der Waals surface area contributed by atoms with Crippen LogP contribution in [-0.2, 0) is 9.53 Å². The van der Waals surface area contributed by atoms with Crippen LogP contribution in [0, 0.1) is 6.92 Å². The SMILES string of the molecule is Cc1cccnc1NC(=O)[C@@H]1CCCN1C(=O)OCC(F)(F)F. The number of nitrogens with one attached hydrogen (secondary N) is 1. The van der Waals surface area contributed by atoms with Crippen LogP contribution in [0.25, 0.3) is 0 Å². The fraction of sp³-hybridized carbons (Fsp3) is 0.500. The van der Waals surface area contributed by atoms with Gasteiger partial charge in [-0.05, 0) is 31.4 Å². The molecule has 0 unspecified atom stereocenters. The molecule has 126 valence electrons. The summed E-state index contributed by atoms with van der Waals surface area (Å²) < 4.78 is 40.5. The van der Waals surface area contributed by atoms with Gasteiger partial charge in [-0.15, -0.1) is 0 Å². The lowest BCUT2D eigenvalue weighted by Crippen LogP contribution is -2.44. The van der Waals surface area contributed by atoms with Crippen molar-refractivity contribution >= 4 is 17.8 Å². The first-order valence-corrected chi connectivity index (χ1v) is 7.00. The third-order valence-corrected chi connectivity index (χ3v) is 3.40. The van der Waals surface area contributed by atoms with Gasteiger partial charge in [-0.1, -0.05) is 6.07 Å². The van der Waals surface area contributed by atoms with Crippen molar-refractivity contribution in [1.82, 2.24) is 9.88 Å². The van der Waals surface area contributed by atoms with Crippen molar-refractivity contribution in [3.05, 3.63) is 23.9 Å². The average Bonchev–Trinajstić information content (AvgIpc) is 2.96. The number of halogens is 3. The Kier molecular flexibility index (Phi) is 5.07. The van der Waals surface area contributed by atoms with Crippen LogP contribution in [0.5, 0.6) is 0 Å². The van der Waals surface area contributed by atoms with E-state index in [1.165, 1.54) is 6.20 Å². The Balaban J connectivity index is 1.99. The minimum Gasteiger partial charge on any atom is -0.440 e. The molecule has 1 aromatic rings. The number of hydrogen-bond donors (Lipinski definition) is 1. The maximum Gasteiger partial charge on any atom is 0.422 e. The molecule has 0 spiro atoms. The molecule has 1 aromatic heterocycles. The summed E-state index contributed by atoms with van der Waals surface area (Å²) in [6.07, 6.45) is -3.36. The van der Waals surface area contributed by atoms with Gasteiger partial charge in [0.15, 0.2) is 6.61 Å². The van der Waals surface area contributed by atoms with E-state index < -0.39 is 30.8 Å². The number of carbonyl (C=O) groups is 2. The lowest BCUT2D eigenvalue weighted by Gasteiger charge is -2.23. The number of hydrogen-bond acceptors (Lipinski definition) is 4. The van der Waals surface area contributed by atoms with E-state index in [9.17, 15) is 22.8 Å². The molecule has 1 aliphatic heterocycles. The van der Waals surface area contributed by atoms with Crippen molar-refractivity contribution in [2.45, 2.75) is 32.0 Å². The van der Waals surface area contributed by atoms with E-state index in [-0.39, 0.29) is 6.54 Å². The highest BCUT2D eigenvalue weighted by atomic mass is 19.4. The summed E-state index contributed by atoms with van der Waals surface area (Å²) in [4.78, 5) is 29.0. The molecule has 2 amide bonds. The van der Waals surface area contributed by atoms with Crippen LogP contribution < -0.4 is 5.32 Å². The number of rotatable bonds is 3. The maximum absolute atomic E-state index is 12.3. The molecule has 1 fully saturated rings. The molecule has 0 aromatic carbocycles. The summed E-state index contributed by atoms with van der Waals surface area (Å²) in [5, 5.41) is 2.59. The molecule has 2 rings (SSSR count). The number of alkyl halides is 3. The van der Waals surface area contributed by atoms with Gasteiger partial charge >= 0.3 is 12.3 Å². The zero-order valence-electron chi connectivity index (χ0n) is 12.4. The molecule has 2 heterocycles. The van der Waals surface area contributed by atoms with E-state index in [1.54, 1.807) is 19.1 Å². The normalized spacial score (nSPS) is 17.9. The first-order chi connectivity index (χ1) is 10.8. The molecule has 23 heavy (non-hydrogen) atoms. The fourth-order valence-corrected chi connectivity index (χ4v) is 2.30. The molecule has 0 radical (unpaired) electrons. The molecular weight excluding hydrogens is 315 g/mol. The molecule has 0 bridgehead atoms. The minimum atomic E-state index is -4.60.